The van der Waals surface area contributed by atoms with Gasteiger partial charge in [-0.25, -0.2) is 9.97 Å². The quantitative estimate of drug-likeness (QED) is 0.754. The van der Waals surface area contributed by atoms with Crippen LogP contribution in [0.25, 0.3) is 21.5 Å². The smallest absolute Gasteiger partial charge is 0.223 e. The van der Waals surface area contributed by atoms with E-state index >= 15 is 0 Å². The second-order valence-corrected chi connectivity index (χ2v) is 5.52. The van der Waals surface area contributed by atoms with Gasteiger partial charge in [0, 0.05) is 18.3 Å². The summed E-state index contributed by atoms with van der Waals surface area (Å²) in [7, 11) is 0. The number of aromatic nitrogens is 4. The zero-order valence-corrected chi connectivity index (χ0v) is 11.8. The van der Waals surface area contributed by atoms with Crippen LogP contribution in [0.4, 0.5) is 0 Å². The lowest BCUT2D eigenvalue weighted by Gasteiger charge is -2.07. The van der Waals surface area contributed by atoms with Crippen molar-refractivity contribution in [3.05, 3.63) is 29.1 Å². The van der Waals surface area contributed by atoms with Gasteiger partial charge in [0.1, 0.15) is 0 Å². The van der Waals surface area contributed by atoms with E-state index in [1.54, 1.807) is 17.5 Å². The topological polar surface area (TPSA) is 69.6 Å². The molecule has 3 heterocycles. The highest BCUT2D eigenvalue weighted by atomic mass is 35.5. The van der Waals surface area contributed by atoms with E-state index in [-0.39, 0.29) is 11.3 Å². The summed E-state index contributed by atoms with van der Waals surface area (Å²) in [5.74, 6) is 0. The molecular weight excluding hydrogens is 282 g/mol. The van der Waals surface area contributed by atoms with E-state index in [0.717, 1.165) is 21.5 Å². The second-order valence-electron chi connectivity index (χ2n) is 4.27. The van der Waals surface area contributed by atoms with Gasteiger partial charge in [0.25, 0.3) is 0 Å². The van der Waals surface area contributed by atoms with Crippen LogP contribution in [0.3, 0.4) is 0 Å². The van der Waals surface area contributed by atoms with Crippen LogP contribution < -0.4 is 5.73 Å². The maximum absolute atomic E-state index is 5.96. The molecule has 3 aromatic heterocycles. The average molecular weight is 294 g/mol. The van der Waals surface area contributed by atoms with Gasteiger partial charge in [0.15, 0.2) is 0 Å². The second kappa shape index (κ2) is 4.88. The summed E-state index contributed by atoms with van der Waals surface area (Å²) in [6.07, 6.45) is 3.72. The molecule has 0 saturated carbocycles. The van der Waals surface area contributed by atoms with Crippen LogP contribution in [-0.4, -0.2) is 26.3 Å². The summed E-state index contributed by atoms with van der Waals surface area (Å²) in [6, 6.07) is 2.09. The van der Waals surface area contributed by atoms with Crippen molar-refractivity contribution >= 4 is 33.2 Å². The van der Waals surface area contributed by atoms with Gasteiger partial charge >= 0.3 is 0 Å². The van der Waals surface area contributed by atoms with Crippen LogP contribution in [0.15, 0.2) is 23.8 Å². The van der Waals surface area contributed by atoms with E-state index < -0.39 is 0 Å². The van der Waals surface area contributed by atoms with Gasteiger partial charge in [-0.1, -0.05) is 0 Å². The van der Waals surface area contributed by atoms with Crippen molar-refractivity contribution in [1.82, 2.24) is 19.7 Å². The molecule has 0 aliphatic rings. The molecule has 1 atom stereocenters. The number of hydrogen-bond donors (Lipinski definition) is 1. The molecule has 0 bridgehead atoms. The summed E-state index contributed by atoms with van der Waals surface area (Å²) < 4.78 is 2.86. The first-order chi connectivity index (χ1) is 9.19. The third-order valence-electron chi connectivity index (χ3n) is 2.94. The maximum atomic E-state index is 5.96. The fourth-order valence-electron chi connectivity index (χ4n) is 1.84. The van der Waals surface area contributed by atoms with Crippen molar-refractivity contribution in [2.24, 2.45) is 5.73 Å². The Bertz CT molecular complexity index is 720. The van der Waals surface area contributed by atoms with Gasteiger partial charge in [0.05, 0.1) is 28.1 Å². The maximum Gasteiger partial charge on any atom is 0.223 e. The van der Waals surface area contributed by atoms with Crippen LogP contribution in [-0.2, 0) is 0 Å². The Kier molecular flexibility index (Phi) is 3.22. The molecule has 7 heteroatoms. The van der Waals surface area contributed by atoms with Gasteiger partial charge < -0.3 is 5.73 Å². The molecule has 3 aromatic rings. The number of fused-ring (bicyclic) bond motifs is 1. The summed E-state index contributed by atoms with van der Waals surface area (Å²) >= 11 is 7.56. The fraction of sp³-hybridized carbons (Fsp3) is 0.250. The Balaban J connectivity index is 2.13. The molecule has 0 saturated heterocycles. The first-order valence-corrected chi connectivity index (χ1v) is 7.10. The lowest BCUT2D eigenvalue weighted by atomic mass is 10.2. The summed E-state index contributed by atoms with van der Waals surface area (Å²) in [5.41, 5.74) is 8.25. The molecule has 0 aliphatic heterocycles. The number of hydrogen-bond acceptors (Lipinski definition) is 5. The van der Waals surface area contributed by atoms with Crippen LogP contribution >= 0.6 is 22.9 Å². The lowest BCUT2D eigenvalue weighted by Crippen LogP contribution is -2.16. The number of nitrogens with two attached hydrogens (primary N) is 1. The molecule has 0 aromatic carbocycles. The minimum atomic E-state index is 0.157. The van der Waals surface area contributed by atoms with Crippen molar-refractivity contribution < 1.29 is 0 Å². The van der Waals surface area contributed by atoms with E-state index in [1.807, 2.05) is 29.2 Å². The fourth-order valence-corrected chi connectivity index (χ4v) is 2.86. The molecule has 5 nitrogen and oxygen atoms in total. The molecule has 0 radical (unpaired) electrons. The largest absolute Gasteiger partial charge is 0.328 e. The molecule has 0 spiro atoms. The van der Waals surface area contributed by atoms with Gasteiger partial charge in [-0.15, -0.1) is 11.3 Å². The molecule has 98 valence electrons. The molecule has 0 aliphatic carbocycles. The predicted molar refractivity (Wildman–Crippen MR) is 77.4 cm³/mol. The Morgan fingerprint density at radius 1 is 1.47 bits per heavy atom. The third-order valence-corrected chi connectivity index (χ3v) is 4.02. The van der Waals surface area contributed by atoms with Crippen molar-refractivity contribution in [1.29, 1.82) is 0 Å². The molecular formula is C12H12ClN5S. The Labute approximate surface area is 119 Å². The van der Waals surface area contributed by atoms with Crippen LogP contribution in [0, 0.1) is 0 Å². The number of halogens is 1. The van der Waals surface area contributed by atoms with Crippen LogP contribution in [0.1, 0.15) is 13.0 Å². The van der Waals surface area contributed by atoms with E-state index in [9.17, 15) is 0 Å². The number of rotatable bonds is 3. The SMILES string of the molecule is CC(CN)n1cc(-c2nc(Cl)nc3ccsc23)cn1. The number of nitrogens with zero attached hydrogens (tertiary/aromatic N) is 4. The highest BCUT2D eigenvalue weighted by Crippen LogP contribution is 2.31. The number of thiophene rings is 1. The standard InChI is InChI=1S/C12H12ClN5S/c1-7(4-14)18-6-8(5-15-18)10-11-9(2-3-19-11)16-12(13)17-10/h2-3,5-7H,4,14H2,1H3. The van der Waals surface area contributed by atoms with Crippen molar-refractivity contribution in [2.45, 2.75) is 13.0 Å². The van der Waals surface area contributed by atoms with Crippen molar-refractivity contribution in [2.75, 3.05) is 6.54 Å². The average Bonchev–Trinajstić information content (AvgIpc) is 3.05. The summed E-state index contributed by atoms with van der Waals surface area (Å²) in [5, 5.41) is 6.55. The predicted octanol–water partition coefficient (Wildman–Crippen LogP) is 2.73. The molecule has 1 unspecified atom stereocenters. The minimum absolute atomic E-state index is 0.157. The normalized spacial score (nSPS) is 13.0. The zero-order chi connectivity index (χ0) is 13.4. The lowest BCUT2D eigenvalue weighted by molar-refractivity contribution is 0.501. The minimum Gasteiger partial charge on any atom is -0.328 e. The van der Waals surface area contributed by atoms with Crippen LogP contribution in [0.5, 0.6) is 0 Å². The molecule has 2 N–H and O–H groups in total. The zero-order valence-electron chi connectivity index (χ0n) is 10.2. The van der Waals surface area contributed by atoms with Crippen molar-refractivity contribution in [3.63, 3.8) is 0 Å². The first kappa shape index (κ1) is 12.5. The molecule has 3 rings (SSSR count). The highest BCUT2D eigenvalue weighted by Gasteiger charge is 2.13. The first-order valence-electron chi connectivity index (χ1n) is 5.84. The summed E-state index contributed by atoms with van der Waals surface area (Å²) in [4.78, 5) is 8.52. The Morgan fingerprint density at radius 3 is 3.11 bits per heavy atom. The third kappa shape index (κ3) is 2.22. The Hall–Kier alpha value is -1.50. The van der Waals surface area contributed by atoms with Crippen LogP contribution in [0.2, 0.25) is 5.28 Å². The van der Waals surface area contributed by atoms with E-state index in [1.165, 1.54) is 0 Å². The van der Waals surface area contributed by atoms with Gasteiger partial charge in [-0.05, 0) is 30.0 Å². The molecule has 19 heavy (non-hydrogen) atoms. The summed E-state index contributed by atoms with van der Waals surface area (Å²) in [6.45, 7) is 2.56. The highest BCUT2D eigenvalue weighted by molar-refractivity contribution is 7.17. The monoisotopic (exact) mass is 293 g/mol. The van der Waals surface area contributed by atoms with Gasteiger partial charge in [-0.2, -0.15) is 5.10 Å². The van der Waals surface area contributed by atoms with Gasteiger partial charge in [-0.3, -0.25) is 4.68 Å². The Morgan fingerprint density at radius 2 is 2.32 bits per heavy atom. The van der Waals surface area contributed by atoms with E-state index in [2.05, 4.69) is 15.1 Å². The van der Waals surface area contributed by atoms with Crippen molar-refractivity contribution in [3.8, 4) is 11.3 Å². The van der Waals surface area contributed by atoms with Gasteiger partial charge in [0.2, 0.25) is 5.28 Å². The van der Waals surface area contributed by atoms with E-state index in [0.29, 0.717) is 6.54 Å². The van der Waals surface area contributed by atoms with E-state index in [4.69, 9.17) is 17.3 Å². The molecule has 0 amide bonds. The molecule has 0 fully saturated rings.